The molecule has 0 aromatic carbocycles. The van der Waals surface area contributed by atoms with Gasteiger partial charge in [0.25, 0.3) is 0 Å². The van der Waals surface area contributed by atoms with Gasteiger partial charge in [0.15, 0.2) is 0 Å². The van der Waals surface area contributed by atoms with Gasteiger partial charge in [-0.15, -0.1) is 0 Å². The van der Waals surface area contributed by atoms with Gasteiger partial charge in [0.05, 0.1) is 5.56 Å². The molecule has 5 rings (SSSR count). The van der Waals surface area contributed by atoms with E-state index in [-0.39, 0.29) is 6.10 Å². The van der Waals surface area contributed by atoms with Crippen molar-refractivity contribution in [3.05, 3.63) is 41.5 Å². The van der Waals surface area contributed by atoms with Gasteiger partial charge in [-0.1, -0.05) is 18.9 Å². The second-order valence-corrected chi connectivity index (χ2v) is 9.93. The molecule has 4 heterocycles. The number of carboxylic acids is 1. The van der Waals surface area contributed by atoms with Crippen molar-refractivity contribution in [1.82, 2.24) is 19.9 Å². The Morgan fingerprint density at radius 3 is 3.00 bits per heavy atom. The molecule has 182 valence electrons. The zero-order valence-electron chi connectivity index (χ0n) is 19.8. The first-order valence-corrected chi connectivity index (χ1v) is 12.8. The Balaban J connectivity index is 1.08. The Morgan fingerprint density at radius 1 is 1.24 bits per heavy atom. The molecule has 0 radical (unpaired) electrons. The number of unbranched alkanes of at least 4 members (excludes halogenated alkanes) is 2. The van der Waals surface area contributed by atoms with Crippen LogP contribution in [0.1, 0.15) is 74.2 Å². The highest BCUT2D eigenvalue weighted by Gasteiger charge is 2.37. The quantitative estimate of drug-likeness (QED) is 0.480. The molecule has 0 amide bonds. The summed E-state index contributed by atoms with van der Waals surface area (Å²) < 4.78 is 5.88. The van der Waals surface area contributed by atoms with Crippen LogP contribution in [0.2, 0.25) is 0 Å². The molecule has 1 aliphatic carbocycles. The number of likely N-dealkylation sites (tertiary alicyclic amines) is 1. The predicted octanol–water partition coefficient (Wildman–Crippen LogP) is 4.02. The van der Waals surface area contributed by atoms with Gasteiger partial charge < -0.3 is 15.2 Å². The van der Waals surface area contributed by atoms with Gasteiger partial charge in [-0.25, -0.2) is 15.0 Å². The van der Waals surface area contributed by atoms with Crippen LogP contribution in [0.4, 0.5) is 5.82 Å². The third-order valence-corrected chi connectivity index (χ3v) is 7.21. The normalized spacial score (nSPS) is 21.0. The van der Waals surface area contributed by atoms with E-state index in [1.165, 1.54) is 36.8 Å². The molecule has 2 fully saturated rings. The number of aliphatic carboxylic acids is 1. The van der Waals surface area contributed by atoms with E-state index in [4.69, 9.17) is 9.72 Å². The number of nitrogens with zero attached hydrogens (tertiary/aromatic N) is 4. The summed E-state index contributed by atoms with van der Waals surface area (Å²) in [7, 11) is 0. The summed E-state index contributed by atoms with van der Waals surface area (Å²) >= 11 is 0. The maximum absolute atomic E-state index is 12.2. The van der Waals surface area contributed by atoms with Crippen molar-refractivity contribution in [3.8, 4) is 5.88 Å². The lowest BCUT2D eigenvalue weighted by molar-refractivity contribution is -0.143. The Labute approximate surface area is 201 Å². The number of hydrogen-bond acceptors (Lipinski definition) is 7. The first-order valence-electron chi connectivity index (χ1n) is 12.8. The lowest BCUT2D eigenvalue weighted by Crippen LogP contribution is -2.33. The fourth-order valence-corrected chi connectivity index (χ4v) is 5.20. The van der Waals surface area contributed by atoms with Crippen molar-refractivity contribution >= 4 is 11.8 Å². The summed E-state index contributed by atoms with van der Waals surface area (Å²) in [6.07, 6.45) is 14.2. The molecule has 2 atom stereocenters. The fraction of sp³-hybridized carbons (Fsp3) is 0.615. The summed E-state index contributed by atoms with van der Waals surface area (Å²) in [4.78, 5) is 27.4. The molecule has 0 spiro atoms. The zero-order valence-corrected chi connectivity index (χ0v) is 19.8. The molecule has 3 aliphatic rings. The van der Waals surface area contributed by atoms with Gasteiger partial charge in [-0.05, 0) is 75.5 Å². The summed E-state index contributed by atoms with van der Waals surface area (Å²) in [5.74, 6) is 1.19. The molecular formula is C26H35N5O3. The zero-order chi connectivity index (χ0) is 23.3. The highest BCUT2D eigenvalue weighted by atomic mass is 16.5. The second kappa shape index (κ2) is 10.7. The maximum Gasteiger partial charge on any atom is 0.325 e. The van der Waals surface area contributed by atoms with Crippen molar-refractivity contribution in [1.29, 1.82) is 0 Å². The van der Waals surface area contributed by atoms with Crippen molar-refractivity contribution in [2.45, 2.75) is 76.4 Å². The van der Waals surface area contributed by atoms with Crippen LogP contribution in [-0.4, -0.2) is 56.7 Å². The molecule has 34 heavy (non-hydrogen) atoms. The minimum absolute atomic E-state index is 0.169. The van der Waals surface area contributed by atoms with Gasteiger partial charge in [-0.2, -0.15) is 0 Å². The van der Waals surface area contributed by atoms with Crippen LogP contribution >= 0.6 is 0 Å². The molecule has 0 bridgehead atoms. The number of rotatable bonds is 11. The third kappa shape index (κ3) is 5.66. The monoisotopic (exact) mass is 465 g/mol. The minimum Gasteiger partial charge on any atom is -0.480 e. The number of aryl methyl sites for hydroxylation is 2. The number of carboxylic acid groups (broad SMARTS) is 1. The van der Waals surface area contributed by atoms with E-state index < -0.39 is 12.0 Å². The van der Waals surface area contributed by atoms with Gasteiger partial charge in [0, 0.05) is 25.0 Å². The van der Waals surface area contributed by atoms with Gasteiger partial charge in [-0.3, -0.25) is 9.69 Å². The number of hydrogen-bond donors (Lipinski definition) is 2. The molecular weight excluding hydrogens is 430 g/mol. The first-order chi connectivity index (χ1) is 16.7. The lowest BCUT2D eigenvalue weighted by Gasteiger charge is -2.25. The summed E-state index contributed by atoms with van der Waals surface area (Å²) in [6, 6.07) is 3.67. The molecule has 8 nitrogen and oxygen atoms in total. The molecule has 2 N–H and O–H groups in total. The van der Waals surface area contributed by atoms with Crippen LogP contribution in [0, 0.1) is 5.92 Å². The van der Waals surface area contributed by atoms with E-state index in [1.54, 1.807) is 6.20 Å². The van der Waals surface area contributed by atoms with Crippen LogP contribution in [0.15, 0.2) is 24.7 Å². The van der Waals surface area contributed by atoms with Crippen molar-refractivity contribution in [2.75, 3.05) is 25.0 Å². The number of anilines is 1. The number of nitrogens with one attached hydrogen (secondary N) is 1. The lowest BCUT2D eigenvalue weighted by atomic mass is 9.99. The fourth-order valence-electron chi connectivity index (χ4n) is 5.20. The minimum atomic E-state index is -0.858. The topological polar surface area (TPSA) is 100 Å². The number of ether oxygens (including phenoxy) is 1. The molecule has 1 saturated carbocycles. The third-order valence-electron chi connectivity index (χ3n) is 7.21. The Hall–Kier alpha value is -2.74. The Bertz CT molecular complexity index is 996. The largest absolute Gasteiger partial charge is 0.480 e. The maximum atomic E-state index is 12.2. The van der Waals surface area contributed by atoms with Crippen molar-refractivity contribution in [3.63, 3.8) is 0 Å². The number of pyridine rings is 1. The predicted molar refractivity (Wildman–Crippen MR) is 129 cm³/mol. The molecule has 8 heteroatoms. The Kier molecular flexibility index (Phi) is 7.23. The standard InChI is InChI=1S/C26H35N5O3/c32-26(33)23(22-15-27-17-29-25(22)34-21-10-11-21)31-14-12-18(16-31)5-2-1-3-7-20-9-8-19-6-4-13-28-24(19)30-20/h8-9,15,17-18,21,23H,1-7,10-14,16H2,(H,28,30)(H,32,33)/t18-,23?/m1/s1. The van der Waals surface area contributed by atoms with E-state index in [2.05, 4.69) is 32.3 Å². The van der Waals surface area contributed by atoms with Crippen LogP contribution in [0.25, 0.3) is 0 Å². The van der Waals surface area contributed by atoms with Gasteiger partial charge in [0.1, 0.15) is 24.3 Å². The SMILES string of the molecule is O=C(O)C(c1cncnc1OC1CC1)N1CC[C@@H](CCCCCc2ccc3c(n2)NCCC3)C1. The van der Waals surface area contributed by atoms with Crippen LogP contribution < -0.4 is 10.1 Å². The summed E-state index contributed by atoms with van der Waals surface area (Å²) in [5, 5.41) is 13.4. The van der Waals surface area contributed by atoms with Crippen molar-refractivity contribution < 1.29 is 14.6 Å². The number of fused-ring (bicyclic) bond motifs is 1. The first kappa shape index (κ1) is 23.0. The molecule has 2 aromatic rings. The number of aromatic nitrogens is 3. The average Bonchev–Trinajstić information content (AvgIpc) is 3.55. The highest BCUT2D eigenvalue weighted by Crippen LogP contribution is 2.35. The molecule has 1 saturated heterocycles. The molecule has 2 aromatic heterocycles. The molecule has 1 unspecified atom stereocenters. The Morgan fingerprint density at radius 2 is 2.15 bits per heavy atom. The van der Waals surface area contributed by atoms with E-state index in [1.807, 2.05) is 0 Å². The van der Waals surface area contributed by atoms with Gasteiger partial charge >= 0.3 is 5.97 Å². The molecule has 2 aliphatic heterocycles. The van der Waals surface area contributed by atoms with Crippen LogP contribution in [0.3, 0.4) is 0 Å². The van der Waals surface area contributed by atoms with E-state index >= 15 is 0 Å². The second-order valence-electron chi connectivity index (χ2n) is 9.93. The summed E-state index contributed by atoms with van der Waals surface area (Å²) in [5.41, 5.74) is 3.10. The van der Waals surface area contributed by atoms with Gasteiger partial charge in [0.2, 0.25) is 5.88 Å². The van der Waals surface area contributed by atoms with Crippen LogP contribution in [-0.2, 0) is 17.6 Å². The summed E-state index contributed by atoms with van der Waals surface area (Å²) in [6.45, 7) is 2.61. The van der Waals surface area contributed by atoms with E-state index in [0.29, 0.717) is 17.4 Å². The van der Waals surface area contributed by atoms with Crippen molar-refractivity contribution in [2.24, 2.45) is 5.92 Å². The van der Waals surface area contributed by atoms with E-state index in [0.717, 1.165) is 70.4 Å². The highest BCUT2D eigenvalue weighted by molar-refractivity contribution is 5.76. The number of carbonyl (C=O) groups is 1. The smallest absolute Gasteiger partial charge is 0.325 e. The van der Waals surface area contributed by atoms with E-state index in [9.17, 15) is 9.90 Å². The van der Waals surface area contributed by atoms with Crippen LogP contribution in [0.5, 0.6) is 5.88 Å². The average molecular weight is 466 g/mol.